The molecule has 166 valence electrons. The number of carbonyl (C=O) groups is 2. The lowest BCUT2D eigenvalue weighted by Crippen LogP contribution is -2.50. The van der Waals surface area contributed by atoms with Crippen molar-refractivity contribution < 1.29 is 18.8 Å². The molecule has 3 aromatic rings. The Balaban J connectivity index is 1.27. The van der Waals surface area contributed by atoms with Crippen molar-refractivity contribution in [3.05, 3.63) is 65.5 Å². The van der Waals surface area contributed by atoms with Crippen molar-refractivity contribution in [2.45, 2.75) is 19.8 Å². The van der Waals surface area contributed by atoms with Crippen LogP contribution in [0.1, 0.15) is 28.2 Å². The average Bonchev–Trinajstić information content (AvgIpc) is 3.29. The number of benzene rings is 2. The molecule has 0 saturated carbocycles. The SMILES string of the molecule is COc1ccc(CCC(=O)N2CCN(C(=O)c3ccc(-c4nc(C)no4)cc3)CC2)cc1. The van der Waals surface area contributed by atoms with Crippen LogP contribution in [0.25, 0.3) is 11.5 Å². The second-order valence-electron chi connectivity index (χ2n) is 7.75. The van der Waals surface area contributed by atoms with E-state index in [9.17, 15) is 9.59 Å². The van der Waals surface area contributed by atoms with Crippen LogP contribution in [0.4, 0.5) is 0 Å². The quantitative estimate of drug-likeness (QED) is 0.593. The number of methoxy groups -OCH3 is 1. The number of ether oxygens (including phenoxy) is 1. The Kier molecular flexibility index (Phi) is 6.49. The Hall–Kier alpha value is -3.68. The van der Waals surface area contributed by atoms with E-state index < -0.39 is 0 Å². The maximum absolute atomic E-state index is 12.9. The Bertz CT molecular complexity index is 1070. The lowest BCUT2D eigenvalue weighted by atomic mass is 10.1. The lowest BCUT2D eigenvalue weighted by molar-refractivity contribution is -0.132. The summed E-state index contributed by atoms with van der Waals surface area (Å²) in [4.78, 5) is 33.3. The lowest BCUT2D eigenvalue weighted by Gasteiger charge is -2.35. The van der Waals surface area contributed by atoms with Crippen molar-refractivity contribution in [2.75, 3.05) is 33.3 Å². The Morgan fingerprint density at radius 2 is 1.62 bits per heavy atom. The van der Waals surface area contributed by atoms with E-state index in [0.717, 1.165) is 16.9 Å². The van der Waals surface area contributed by atoms with Gasteiger partial charge in [-0.1, -0.05) is 17.3 Å². The second kappa shape index (κ2) is 9.64. The fourth-order valence-electron chi connectivity index (χ4n) is 3.71. The van der Waals surface area contributed by atoms with Crippen LogP contribution in [0, 0.1) is 6.92 Å². The summed E-state index contributed by atoms with van der Waals surface area (Å²) in [6.07, 6.45) is 1.14. The first-order chi connectivity index (χ1) is 15.5. The maximum atomic E-state index is 12.9. The molecule has 1 aromatic heterocycles. The Morgan fingerprint density at radius 3 is 2.22 bits per heavy atom. The molecule has 1 fully saturated rings. The van der Waals surface area contributed by atoms with Crippen LogP contribution < -0.4 is 4.74 Å². The molecule has 2 heterocycles. The molecule has 8 nitrogen and oxygen atoms in total. The molecule has 1 saturated heterocycles. The minimum Gasteiger partial charge on any atom is -0.497 e. The van der Waals surface area contributed by atoms with Gasteiger partial charge in [0.2, 0.25) is 5.91 Å². The van der Waals surface area contributed by atoms with Crippen molar-refractivity contribution in [3.8, 4) is 17.2 Å². The van der Waals surface area contributed by atoms with Crippen molar-refractivity contribution in [3.63, 3.8) is 0 Å². The van der Waals surface area contributed by atoms with E-state index in [4.69, 9.17) is 9.26 Å². The van der Waals surface area contributed by atoms with Gasteiger partial charge in [-0.05, 0) is 55.3 Å². The van der Waals surface area contributed by atoms with Gasteiger partial charge in [0, 0.05) is 43.7 Å². The number of rotatable bonds is 6. The van der Waals surface area contributed by atoms with E-state index in [0.29, 0.717) is 56.3 Å². The molecule has 8 heteroatoms. The highest BCUT2D eigenvalue weighted by molar-refractivity contribution is 5.94. The van der Waals surface area contributed by atoms with Gasteiger partial charge >= 0.3 is 0 Å². The molecule has 0 unspecified atom stereocenters. The van der Waals surface area contributed by atoms with Crippen molar-refractivity contribution in [1.82, 2.24) is 19.9 Å². The first-order valence-corrected chi connectivity index (χ1v) is 10.6. The predicted octanol–water partition coefficient (Wildman–Crippen LogP) is 2.97. The highest BCUT2D eigenvalue weighted by Crippen LogP contribution is 2.19. The minimum atomic E-state index is -0.0383. The third-order valence-corrected chi connectivity index (χ3v) is 5.61. The van der Waals surface area contributed by atoms with Gasteiger partial charge in [0.1, 0.15) is 5.75 Å². The molecule has 1 aliphatic heterocycles. The van der Waals surface area contributed by atoms with Gasteiger partial charge in [0.05, 0.1) is 7.11 Å². The van der Waals surface area contributed by atoms with Crippen LogP contribution in [-0.4, -0.2) is 65.0 Å². The number of hydrogen-bond acceptors (Lipinski definition) is 6. The molecule has 4 rings (SSSR count). The molecule has 0 aliphatic carbocycles. The van der Waals surface area contributed by atoms with Crippen molar-refractivity contribution in [2.24, 2.45) is 0 Å². The monoisotopic (exact) mass is 434 g/mol. The summed E-state index contributed by atoms with van der Waals surface area (Å²) in [5.74, 6) is 1.88. The van der Waals surface area contributed by atoms with E-state index in [1.807, 2.05) is 29.2 Å². The molecule has 0 atom stereocenters. The van der Waals surface area contributed by atoms with Gasteiger partial charge in [-0.3, -0.25) is 9.59 Å². The largest absolute Gasteiger partial charge is 0.497 e. The van der Waals surface area contributed by atoms with E-state index in [-0.39, 0.29) is 11.8 Å². The summed E-state index contributed by atoms with van der Waals surface area (Å²) in [6, 6.07) is 14.9. The second-order valence-corrected chi connectivity index (χ2v) is 7.75. The van der Waals surface area contributed by atoms with Gasteiger partial charge in [0.25, 0.3) is 11.8 Å². The van der Waals surface area contributed by atoms with Gasteiger partial charge in [-0.15, -0.1) is 0 Å². The fourth-order valence-corrected chi connectivity index (χ4v) is 3.71. The zero-order chi connectivity index (χ0) is 22.5. The molecule has 2 amide bonds. The normalized spacial score (nSPS) is 13.8. The number of amides is 2. The zero-order valence-corrected chi connectivity index (χ0v) is 18.3. The number of aryl methyl sites for hydroxylation is 2. The topological polar surface area (TPSA) is 88.8 Å². The molecule has 0 spiro atoms. The molecule has 0 bridgehead atoms. The number of hydrogen-bond donors (Lipinski definition) is 0. The summed E-state index contributed by atoms with van der Waals surface area (Å²) >= 11 is 0. The number of carbonyl (C=O) groups excluding carboxylic acids is 2. The number of aromatic nitrogens is 2. The van der Waals surface area contributed by atoms with Gasteiger partial charge < -0.3 is 19.1 Å². The van der Waals surface area contributed by atoms with Gasteiger partial charge in [-0.2, -0.15) is 4.98 Å². The standard InChI is InChI=1S/C24H26N4O4/c1-17-25-23(32-26-17)19-6-8-20(9-7-19)24(30)28-15-13-27(14-16-28)22(29)12-5-18-3-10-21(31-2)11-4-18/h3-4,6-11H,5,12-16H2,1-2H3. The number of nitrogens with zero attached hydrogens (tertiary/aromatic N) is 4. The first-order valence-electron chi connectivity index (χ1n) is 10.6. The highest BCUT2D eigenvalue weighted by Gasteiger charge is 2.24. The third-order valence-electron chi connectivity index (χ3n) is 5.61. The Morgan fingerprint density at radius 1 is 0.969 bits per heavy atom. The molecular formula is C24H26N4O4. The predicted molar refractivity (Wildman–Crippen MR) is 118 cm³/mol. The first kappa shape index (κ1) is 21.5. The summed E-state index contributed by atoms with van der Waals surface area (Å²) < 4.78 is 10.3. The smallest absolute Gasteiger partial charge is 0.257 e. The van der Waals surface area contributed by atoms with Gasteiger partial charge in [-0.25, -0.2) is 0 Å². The van der Waals surface area contributed by atoms with Crippen LogP contribution in [0.5, 0.6) is 5.75 Å². The van der Waals surface area contributed by atoms with E-state index >= 15 is 0 Å². The van der Waals surface area contributed by atoms with Crippen LogP contribution in [-0.2, 0) is 11.2 Å². The van der Waals surface area contributed by atoms with E-state index in [1.165, 1.54) is 0 Å². The minimum absolute atomic E-state index is 0.0383. The maximum Gasteiger partial charge on any atom is 0.257 e. The van der Waals surface area contributed by atoms with E-state index in [1.54, 1.807) is 43.2 Å². The molecule has 0 N–H and O–H groups in total. The molecule has 32 heavy (non-hydrogen) atoms. The van der Waals surface area contributed by atoms with Crippen molar-refractivity contribution >= 4 is 11.8 Å². The number of piperazine rings is 1. The molecule has 2 aromatic carbocycles. The Labute approximate surface area is 186 Å². The van der Waals surface area contributed by atoms with Crippen LogP contribution in [0.3, 0.4) is 0 Å². The summed E-state index contributed by atoms with van der Waals surface area (Å²) in [5.41, 5.74) is 2.48. The van der Waals surface area contributed by atoms with Gasteiger partial charge in [0.15, 0.2) is 5.82 Å². The fraction of sp³-hybridized carbons (Fsp3) is 0.333. The van der Waals surface area contributed by atoms with Crippen LogP contribution in [0.15, 0.2) is 53.1 Å². The zero-order valence-electron chi connectivity index (χ0n) is 18.3. The van der Waals surface area contributed by atoms with Crippen LogP contribution >= 0.6 is 0 Å². The third kappa shape index (κ3) is 4.96. The molecule has 0 radical (unpaired) electrons. The van der Waals surface area contributed by atoms with Crippen LogP contribution in [0.2, 0.25) is 0 Å². The highest BCUT2D eigenvalue weighted by atomic mass is 16.5. The van der Waals surface area contributed by atoms with Crippen molar-refractivity contribution in [1.29, 1.82) is 0 Å². The van der Waals surface area contributed by atoms with E-state index in [2.05, 4.69) is 10.1 Å². The molecular weight excluding hydrogens is 408 g/mol. The summed E-state index contributed by atoms with van der Waals surface area (Å²) in [5, 5.41) is 3.78. The summed E-state index contributed by atoms with van der Waals surface area (Å²) in [7, 11) is 1.63. The summed E-state index contributed by atoms with van der Waals surface area (Å²) in [6.45, 7) is 3.91. The molecule has 1 aliphatic rings. The average molecular weight is 434 g/mol.